The zero-order valence-electron chi connectivity index (χ0n) is 14.8. The highest BCUT2D eigenvalue weighted by molar-refractivity contribution is 5.81. The van der Waals surface area contributed by atoms with Crippen LogP contribution in [0.15, 0.2) is 30.6 Å². The number of rotatable bonds is 4. The first-order chi connectivity index (χ1) is 12.6. The summed E-state index contributed by atoms with van der Waals surface area (Å²) in [6, 6.07) is 5.96. The summed E-state index contributed by atoms with van der Waals surface area (Å²) >= 11 is 0. The van der Waals surface area contributed by atoms with Crippen LogP contribution < -0.4 is 0 Å². The maximum atomic E-state index is 12.6. The van der Waals surface area contributed by atoms with Crippen molar-refractivity contribution in [2.45, 2.75) is 25.8 Å². The molecule has 2 aliphatic rings. The van der Waals surface area contributed by atoms with E-state index < -0.39 is 5.97 Å². The third-order valence-electron chi connectivity index (χ3n) is 5.61. The Morgan fingerprint density at radius 1 is 1.12 bits per heavy atom. The zero-order valence-corrected chi connectivity index (χ0v) is 14.8. The zero-order chi connectivity index (χ0) is 18.1. The van der Waals surface area contributed by atoms with Crippen LogP contribution in [0.3, 0.4) is 0 Å². The Hall–Kier alpha value is -2.41. The van der Waals surface area contributed by atoms with Crippen molar-refractivity contribution in [2.75, 3.05) is 26.2 Å². The third-order valence-corrected chi connectivity index (χ3v) is 5.61. The van der Waals surface area contributed by atoms with Crippen molar-refractivity contribution in [3.8, 4) is 0 Å². The Labute approximate surface area is 152 Å². The van der Waals surface area contributed by atoms with Gasteiger partial charge in [-0.15, -0.1) is 0 Å². The number of carboxylic acids is 1. The molecule has 0 bridgehead atoms. The van der Waals surface area contributed by atoms with Gasteiger partial charge in [0.2, 0.25) is 5.91 Å². The standard InChI is InChI=1S/C19H24N4O3/c24-18(14-4-5-15(11-14)19(25)26)22-9-7-21(8-10-22)12-16-13-23-6-2-1-3-17(23)20-16/h1-3,6,13-15H,4-5,7-12H2,(H,25,26)/t14-,15+/m0/s1. The molecule has 0 spiro atoms. The molecule has 26 heavy (non-hydrogen) atoms. The number of carbonyl (C=O) groups is 2. The number of aromatic nitrogens is 2. The number of aliphatic carboxylic acids is 1. The van der Waals surface area contributed by atoms with Crippen LogP contribution in [0.1, 0.15) is 25.0 Å². The van der Waals surface area contributed by atoms with Crippen LogP contribution in [0.5, 0.6) is 0 Å². The minimum atomic E-state index is -0.766. The second-order valence-electron chi connectivity index (χ2n) is 7.34. The van der Waals surface area contributed by atoms with Crippen molar-refractivity contribution in [1.82, 2.24) is 19.2 Å². The number of hydrogen-bond acceptors (Lipinski definition) is 4. The first kappa shape index (κ1) is 17.0. The predicted octanol–water partition coefficient (Wildman–Crippen LogP) is 1.48. The van der Waals surface area contributed by atoms with E-state index in [1.165, 1.54) is 0 Å². The summed E-state index contributed by atoms with van der Waals surface area (Å²) in [4.78, 5) is 32.6. The molecule has 1 saturated carbocycles. The van der Waals surface area contributed by atoms with Crippen LogP contribution in [-0.4, -0.2) is 62.3 Å². The van der Waals surface area contributed by atoms with Gasteiger partial charge >= 0.3 is 5.97 Å². The molecule has 1 amide bonds. The first-order valence-electron chi connectivity index (χ1n) is 9.27. The number of hydrogen-bond donors (Lipinski definition) is 1. The number of carbonyl (C=O) groups excluding carboxylic acids is 1. The normalized spacial score (nSPS) is 24.2. The number of imidazole rings is 1. The van der Waals surface area contributed by atoms with E-state index in [9.17, 15) is 9.59 Å². The number of pyridine rings is 1. The minimum absolute atomic E-state index is 0.110. The average molecular weight is 356 g/mol. The molecule has 1 aliphatic carbocycles. The van der Waals surface area contributed by atoms with Gasteiger partial charge < -0.3 is 14.4 Å². The van der Waals surface area contributed by atoms with Crippen molar-refractivity contribution in [3.05, 3.63) is 36.3 Å². The molecule has 0 radical (unpaired) electrons. The van der Waals surface area contributed by atoms with Gasteiger partial charge in [-0.05, 0) is 31.4 Å². The van der Waals surface area contributed by atoms with Crippen molar-refractivity contribution < 1.29 is 14.7 Å². The summed E-state index contributed by atoms with van der Waals surface area (Å²) in [6.45, 7) is 3.86. The molecule has 7 heteroatoms. The molecule has 7 nitrogen and oxygen atoms in total. The fourth-order valence-electron chi connectivity index (χ4n) is 4.11. The van der Waals surface area contributed by atoms with Gasteiger partial charge in [-0.1, -0.05) is 6.07 Å². The molecule has 0 aromatic carbocycles. The maximum absolute atomic E-state index is 12.6. The largest absolute Gasteiger partial charge is 0.481 e. The van der Waals surface area contributed by atoms with E-state index in [1.54, 1.807) is 0 Å². The Morgan fingerprint density at radius 3 is 2.58 bits per heavy atom. The molecule has 1 aliphatic heterocycles. The number of piperazine rings is 1. The van der Waals surface area contributed by atoms with Gasteiger partial charge in [-0.2, -0.15) is 0 Å². The van der Waals surface area contributed by atoms with Crippen LogP contribution in [0.2, 0.25) is 0 Å². The second kappa shape index (κ2) is 7.07. The first-order valence-corrected chi connectivity index (χ1v) is 9.27. The smallest absolute Gasteiger partial charge is 0.306 e. The van der Waals surface area contributed by atoms with Gasteiger partial charge in [-0.25, -0.2) is 4.98 Å². The second-order valence-corrected chi connectivity index (χ2v) is 7.34. The minimum Gasteiger partial charge on any atom is -0.481 e. The Balaban J connectivity index is 1.30. The van der Waals surface area contributed by atoms with Crippen molar-refractivity contribution in [3.63, 3.8) is 0 Å². The maximum Gasteiger partial charge on any atom is 0.306 e. The average Bonchev–Trinajstić information content (AvgIpc) is 3.28. The number of carboxylic acid groups (broad SMARTS) is 1. The fourth-order valence-corrected chi connectivity index (χ4v) is 4.11. The molecular formula is C19H24N4O3. The van der Waals surface area contributed by atoms with E-state index in [2.05, 4.69) is 16.1 Å². The van der Waals surface area contributed by atoms with Gasteiger partial charge in [0.25, 0.3) is 0 Å². The van der Waals surface area contributed by atoms with Crippen LogP contribution in [0.4, 0.5) is 0 Å². The van der Waals surface area contributed by atoms with Gasteiger partial charge in [0, 0.05) is 51.0 Å². The summed E-state index contributed by atoms with van der Waals surface area (Å²) in [6.07, 6.45) is 5.87. The molecule has 138 valence electrons. The van der Waals surface area contributed by atoms with Gasteiger partial charge in [-0.3, -0.25) is 14.5 Å². The van der Waals surface area contributed by atoms with Crippen LogP contribution >= 0.6 is 0 Å². The summed E-state index contributed by atoms with van der Waals surface area (Å²) in [5, 5.41) is 9.11. The molecule has 2 aromatic heterocycles. The van der Waals surface area contributed by atoms with E-state index >= 15 is 0 Å². The molecule has 1 saturated heterocycles. The topological polar surface area (TPSA) is 78.2 Å². The summed E-state index contributed by atoms with van der Waals surface area (Å²) in [5.41, 5.74) is 1.99. The van der Waals surface area contributed by atoms with E-state index in [-0.39, 0.29) is 17.7 Å². The molecule has 0 unspecified atom stereocenters. The van der Waals surface area contributed by atoms with Crippen LogP contribution in [-0.2, 0) is 16.1 Å². The lowest BCUT2D eigenvalue weighted by atomic mass is 10.0. The van der Waals surface area contributed by atoms with E-state index in [0.29, 0.717) is 32.4 Å². The summed E-state index contributed by atoms with van der Waals surface area (Å²) < 4.78 is 2.02. The van der Waals surface area contributed by atoms with Crippen molar-refractivity contribution >= 4 is 17.5 Å². The lowest BCUT2D eigenvalue weighted by Crippen LogP contribution is -2.49. The van der Waals surface area contributed by atoms with Crippen LogP contribution in [0, 0.1) is 11.8 Å². The van der Waals surface area contributed by atoms with Crippen molar-refractivity contribution in [2.24, 2.45) is 11.8 Å². The molecular weight excluding hydrogens is 332 g/mol. The SMILES string of the molecule is O=C(O)[C@@H]1CC[C@H](C(=O)N2CCN(Cc3cn4ccccc4n3)CC2)C1. The lowest BCUT2D eigenvalue weighted by Gasteiger charge is -2.35. The van der Waals surface area contributed by atoms with Crippen molar-refractivity contribution in [1.29, 1.82) is 0 Å². The molecule has 1 N–H and O–H groups in total. The molecule has 2 aromatic rings. The molecule has 2 atom stereocenters. The highest BCUT2D eigenvalue weighted by Gasteiger charge is 2.36. The number of amides is 1. The monoisotopic (exact) mass is 356 g/mol. The molecule has 3 heterocycles. The quantitative estimate of drug-likeness (QED) is 0.898. The van der Waals surface area contributed by atoms with Gasteiger partial charge in [0.15, 0.2) is 0 Å². The third kappa shape index (κ3) is 3.44. The van der Waals surface area contributed by atoms with E-state index in [1.807, 2.05) is 33.7 Å². The Morgan fingerprint density at radius 2 is 1.88 bits per heavy atom. The van der Waals surface area contributed by atoms with E-state index in [0.717, 1.165) is 31.0 Å². The highest BCUT2D eigenvalue weighted by Crippen LogP contribution is 2.32. The Kier molecular flexibility index (Phi) is 4.63. The Bertz CT molecular complexity index is 777. The lowest BCUT2D eigenvalue weighted by molar-refractivity contribution is -0.142. The van der Waals surface area contributed by atoms with Gasteiger partial charge in [0.05, 0.1) is 11.6 Å². The number of nitrogens with zero attached hydrogens (tertiary/aromatic N) is 4. The fraction of sp³-hybridized carbons (Fsp3) is 0.526. The van der Waals surface area contributed by atoms with E-state index in [4.69, 9.17) is 5.11 Å². The molecule has 2 fully saturated rings. The van der Waals surface area contributed by atoms with Gasteiger partial charge in [0.1, 0.15) is 5.65 Å². The number of fused-ring (bicyclic) bond motifs is 1. The predicted molar refractivity (Wildman–Crippen MR) is 95.5 cm³/mol. The summed E-state index contributed by atoms with van der Waals surface area (Å²) in [5.74, 6) is -1.08. The summed E-state index contributed by atoms with van der Waals surface area (Å²) in [7, 11) is 0. The molecule has 4 rings (SSSR count). The van der Waals surface area contributed by atoms with Crippen LogP contribution in [0.25, 0.3) is 5.65 Å². The highest BCUT2D eigenvalue weighted by atomic mass is 16.4.